The number of aliphatic hydroxyl groups excluding tert-OH is 4. The number of rotatable bonds is 7. The molecule has 0 radical (unpaired) electrons. The van der Waals surface area contributed by atoms with Crippen molar-refractivity contribution >= 4 is 29.3 Å². The van der Waals surface area contributed by atoms with Gasteiger partial charge in [-0.05, 0) is 26.5 Å². The Labute approximate surface area is 206 Å². The SMILES string of the molecule is CCC[C@@H]1C[C@@H](C(=O)N[C@@H]([C@H]2O[C@H](SC)[C@H](O)[C@@H](O)[C@H]2O)[C@H](C)Cl)[NH+](C)C1.CCO.O.[Cl-]. The van der Waals surface area contributed by atoms with E-state index in [1.54, 1.807) is 20.1 Å². The molecule has 0 spiro atoms. The molecule has 8 N–H and O–H groups in total. The van der Waals surface area contributed by atoms with Crippen LogP contribution >= 0.6 is 23.4 Å². The second-order valence-corrected chi connectivity index (χ2v) is 9.82. The molecule has 0 aliphatic carbocycles. The van der Waals surface area contributed by atoms with E-state index in [4.69, 9.17) is 21.4 Å². The van der Waals surface area contributed by atoms with Crippen molar-refractivity contribution in [3.8, 4) is 0 Å². The number of nitrogens with one attached hydrogen (secondary N) is 2. The van der Waals surface area contributed by atoms with Gasteiger partial charge in [0, 0.05) is 18.9 Å². The van der Waals surface area contributed by atoms with Crippen LogP contribution in [0.5, 0.6) is 0 Å². The number of hydrogen-bond donors (Lipinski definition) is 6. The minimum absolute atomic E-state index is 0. The maximum atomic E-state index is 12.9. The van der Waals surface area contributed by atoms with Gasteiger partial charge in [0.25, 0.3) is 5.91 Å². The van der Waals surface area contributed by atoms with Crippen LogP contribution in [0.15, 0.2) is 0 Å². The second kappa shape index (κ2) is 16.7. The lowest BCUT2D eigenvalue weighted by atomic mass is 9.92. The van der Waals surface area contributed by atoms with E-state index >= 15 is 0 Å². The fraction of sp³-hybridized carbons (Fsp3) is 0.950. The first-order chi connectivity index (χ1) is 14.1. The number of thioether (sulfide) groups is 1. The van der Waals surface area contributed by atoms with Crippen molar-refractivity contribution in [3.05, 3.63) is 0 Å². The summed E-state index contributed by atoms with van der Waals surface area (Å²) in [5, 5.41) is 40.6. The first-order valence-corrected chi connectivity index (χ1v) is 12.4. The molecule has 0 aromatic carbocycles. The van der Waals surface area contributed by atoms with Gasteiger partial charge >= 0.3 is 0 Å². The summed E-state index contributed by atoms with van der Waals surface area (Å²) in [7, 11) is 2.02. The summed E-state index contributed by atoms with van der Waals surface area (Å²) in [5.41, 5.74) is -0.697. The minimum atomic E-state index is -1.36. The highest BCUT2D eigenvalue weighted by Crippen LogP contribution is 2.30. The second-order valence-electron chi connectivity index (χ2n) is 8.20. The van der Waals surface area contributed by atoms with Gasteiger partial charge in [0.15, 0.2) is 6.04 Å². The third-order valence-electron chi connectivity index (χ3n) is 5.78. The Kier molecular flexibility index (Phi) is 17.9. The van der Waals surface area contributed by atoms with Crippen LogP contribution in [0, 0.1) is 5.92 Å². The Morgan fingerprint density at radius 3 is 2.28 bits per heavy atom. The van der Waals surface area contributed by atoms with Crippen LogP contribution < -0.4 is 22.6 Å². The van der Waals surface area contributed by atoms with Crippen molar-refractivity contribution in [2.24, 2.45) is 5.92 Å². The molecule has 2 aliphatic heterocycles. The molecule has 2 saturated heterocycles. The van der Waals surface area contributed by atoms with E-state index in [2.05, 4.69) is 12.2 Å². The largest absolute Gasteiger partial charge is 1.00 e. The van der Waals surface area contributed by atoms with Crippen molar-refractivity contribution in [1.82, 2.24) is 5.32 Å². The molecular formula is C20H42Cl2N2O7S. The standard InChI is InChI=1S/C18H33ClN2O5S.C2H6O.ClH.H2O/c1-5-6-10-7-11(21(3)8-10)17(25)20-12(9(2)19)16-14(23)13(22)15(24)18(26-16)27-4;1-2-3;;/h9-16,18,22-24H,5-8H2,1-4H3,(H,20,25);3H,2H2,1H3;1H;1H2/t9-,10+,11-,12+,13-,14+,15+,16+,18+;;;/m0.../s1. The van der Waals surface area contributed by atoms with Crippen molar-refractivity contribution in [2.75, 3.05) is 26.5 Å². The van der Waals surface area contributed by atoms with Crippen molar-refractivity contribution in [3.63, 3.8) is 0 Å². The number of halogens is 2. The zero-order chi connectivity index (χ0) is 23.0. The molecule has 9 nitrogen and oxygen atoms in total. The van der Waals surface area contributed by atoms with E-state index in [1.165, 1.54) is 16.7 Å². The summed E-state index contributed by atoms with van der Waals surface area (Å²) in [6.45, 7) is 6.77. The lowest BCUT2D eigenvalue weighted by Gasteiger charge is -2.44. The Morgan fingerprint density at radius 2 is 1.81 bits per heavy atom. The number of alkyl halides is 1. The number of hydrogen-bond acceptors (Lipinski definition) is 7. The van der Waals surface area contributed by atoms with Gasteiger partial charge in [-0.3, -0.25) is 4.79 Å². The van der Waals surface area contributed by atoms with Crippen LogP contribution in [0.3, 0.4) is 0 Å². The average molecular weight is 526 g/mol. The van der Waals surface area contributed by atoms with Gasteiger partial charge in [-0.2, -0.15) is 0 Å². The molecule has 2 aliphatic rings. The molecule has 1 amide bonds. The van der Waals surface area contributed by atoms with E-state index in [1.807, 2.05) is 7.05 Å². The zero-order valence-corrected chi connectivity index (χ0v) is 21.8. The maximum absolute atomic E-state index is 12.9. The molecular weight excluding hydrogens is 483 g/mol. The molecule has 12 heteroatoms. The number of quaternary nitrogens is 1. The minimum Gasteiger partial charge on any atom is -1.00 e. The van der Waals surface area contributed by atoms with E-state index < -0.39 is 41.3 Å². The summed E-state index contributed by atoms with van der Waals surface area (Å²) in [6, 6.07) is -0.837. The highest BCUT2D eigenvalue weighted by molar-refractivity contribution is 7.99. The van der Waals surface area contributed by atoms with E-state index in [0.717, 1.165) is 25.8 Å². The van der Waals surface area contributed by atoms with Crippen LogP contribution in [-0.2, 0) is 9.53 Å². The molecule has 2 heterocycles. The first-order valence-electron chi connectivity index (χ1n) is 10.7. The van der Waals surface area contributed by atoms with Crippen LogP contribution in [0.2, 0.25) is 0 Å². The summed E-state index contributed by atoms with van der Waals surface area (Å²) in [4.78, 5) is 14.1. The third kappa shape index (κ3) is 9.05. The highest BCUT2D eigenvalue weighted by atomic mass is 35.5. The number of likely N-dealkylation sites (tertiary alicyclic amines) is 1. The Balaban J connectivity index is 0. The number of carbonyl (C=O) groups is 1. The summed E-state index contributed by atoms with van der Waals surface area (Å²) >= 11 is 7.56. The van der Waals surface area contributed by atoms with Crippen LogP contribution in [-0.4, -0.2) is 106 Å². The lowest BCUT2D eigenvalue weighted by Crippen LogP contribution is -3.12. The summed E-state index contributed by atoms with van der Waals surface area (Å²) < 4.78 is 5.80. The van der Waals surface area contributed by atoms with E-state index in [0.29, 0.717) is 5.92 Å². The van der Waals surface area contributed by atoms with Crippen molar-refractivity contribution in [1.29, 1.82) is 0 Å². The molecule has 1 unspecified atom stereocenters. The predicted molar refractivity (Wildman–Crippen MR) is 122 cm³/mol. The van der Waals surface area contributed by atoms with Gasteiger partial charge in [-0.25, -0.2) is 0 Å². The number of likely N-dealkylation sites (N-methyl/N-ethyl adjacent to an activating group) is 1. The van der Waals surface area contributed by atoms with E-state index in [-0.39, 0.29) is 36.4 Å². The van der Waals surface area contributed by atoms with Gasteiger partial charge in [-0.1, -0.05) is 13.3 Å². The van der Waals surface area contributed by atoms with Gasteiger partial charge in [0.2, 0.25) is 0 Å². The Hall–Kier alpha value is 0.120. The quantitative estimate of drug-likeness (QED) is 0.182. The van der Waals surface area contributed by atoms with E-state index in [9.17, 15) is 20.1 Å². The fourth-order valence-corrected chi connectivity index (χ4v) is 5.15. The van der Waals surface area contributed by atoms with Crippen molar-refractivity contribution < 1.29 is 52.7 Å². The molecule has 2 fully saturated rings. The molecule has 10 atom stereocenters. The summed E-state index contributed by atoms with van der Waals surface area (Å²) in [6.07, 6.45) is 0.00196. The fourth-order valence-electron chi connectivity index (χ4n) is 4.26. The van der Waals surface area contributed by atoms with Crippen LogP contribution in [0.25, 0.3) is 0 Å². The molecule has 0 aromatic rings. The maximum Gasteiger partial charge on any atom is 0.278 e. The number of aliphatic hydroxyl groups is 4. The Morgan fingerprint density at radius 1 is 1.25 bits per heavy atom. The van der Waals surface area contributed by atoms with Gasteiger partial charge < -0.3 is 53.3 Å². The van der Waals surface area contributed by atoms with Gasteiger partial charge in [0.1, 0.15) is 29.9 Å². The number of ether oxygens (including phenoxy) is 1. The van der Waals surface area contributed by atoms with Crippen LogP contribution in [0.4, 0.5) is 0 Å². The third-order valence-corrected chi connectivity index (χ3v) is 6.91. The zero-order valence-electron chi connectivity index (χ0n) is 19.5. The normalized spacial score (nSPS) is 35.9. The molecule has 0 saturated carbocycles. The monoisotopic (exact) mass is 524 g/mol. The summed E-state index contributed by atoms with van der Waals surface area (Å²) in [5.74, 6) is 0.424. The Bertz CT molecular complexity index is 522. The molecule has 194 valence electrons. The van der Waals surface area contributed by atoms with Crippen LogP contribution in [0.1, 0.15) is 40.0 Å². The van der Waals surface area contributed by atoms with Crippen molar-refractivity contribution in [2.45, 2.75) is 87.3 Å². The number of amides is 1. The predicted octanol–water partition coefficient (Wildman–Crippen LogP) is -4.85. The smallest absolute Gasteiger partial charge is 0.278 e. The average Bonchev–Trinajstić information content (AvgIpc) is 3.06. The number of carbonyl (C=O) groups excluding carboxylic acids is 1. The molecule has 2 rings (SSSR count). The molecule has 32 heavy (non-hydrogen) atoms. The molecule has 0 aromatic heterocycles. The van der Waals surface area contributed by atoms with Gasteiger partial charge in [0.05, 0.1) is 25.0 Å². The lowest BCUT2D eigenvalue weighted by molar-refractivity contribution is -0.884. The first kappa shape index (κ1) is 34.3. The van der Waals surface area contributed by atoms with Gasteiger partial charge in [-0.15, -0.1) is 23.4 Å². The molecule has 0 bridgehead atoms. The highest BCUT2D eigenvalue weighted by Gasteiger charge is 2.49. The topological polar surface area (TPSA) is 155 Å².